The number of rotatable bonds is 6. The predicted octanol–water partition coefficient (Wildman–Crippen LogP) is 1.77. The van der Waals surface area contributed by atoms with E-state index in [1.165, 1.54) is 0 Å². The average molecular weight is 269 g/mol. The van der Waals surface area contributed by atoms with E-state index in [-0.39, 0.29) is 30.6 Å². The number of halogens is 1. The van der Waals surface area contributed by atoms with Gasteiger partial charge in [0.25, 0.3) is 0 Å². The smallest absolute Gasteiger partial charge is 0.220 e. The van der Waals surface area contributed by atoms with Crippen LogP contribution >= 0.6 is 11.6 Å². The van der Waals surface area contributed by atoms with E-state index in [1.54, 1.807) is 24.3 Å². The molecule has 0 aliphatic heterocycles. The van der Waals surface area contributed by atoms with Gasteiger partial charge in [0.1, 0.15) is 0 Å². The van der Waals surface area contributed by atoms with Crippen molar-refractivity contribution in [2.45, 2.75) is 25.8 Å². The molecule has 1 atom stereocenters. The number of amides is 1. The molecule has 0 bridgehead atoms. The number of carbonyl (C=O) groups is 2. The highest BCUT2D eigenvalue weighted by molar-refractivity contribution is 6.30. The van der Waals surface area contributed by atoms with E-state index in [0.717, 1.165) is 0 Å². The van der Waals surface area contributed by atoms with Crippen LogP contribution in [0, 0.1) is 0 Å². The van der Waals surface area contributed by atoms with Crippen LogP contribution in [0.5, 0.6) is 0 Å². The normalized spacial score (nSPS) is 11.9. The Hall–Kier alpha value is -1.39. The Morgan fingerprint density at radius 1 is 1.28 bits per heavy atom. The zero-order chi connectivity index (χ0) is 13.5. The van der Waals surface area contributed by atoms with Crippen LogP contribution in [0.4, 0.5) is 0 Å². The summed E-state index contributed by atoms with van der Waals surface area (Å²) in [6.45, 7) is 2.20. The zero-order valence-electron chi connectivity index (χ0n) is 10.3. The van der Waals surface area contributed by atoms with Crippen LogP contribution < -0.4 is 11.1 Å². The first kappa shape index (κ1) is 14.7. The van der Waals surface area contributed by atoms with Crippen molar-refractivity contribution >= 4 is 23.3 Å². The van der Waals surface area contributed by atoms with E-state index < -0.39 is 0 Å². The fourth-order valence-corrected chi connectivity index (χ4v) is 1.54. The van der Waals surface area contributed by atoms with Crippen molar-refractivity contribution in [1.29, 1.82) is 0 Å². The minimum absolute atomic E-state index is 0.0665. The van der Waals surface area contributed by atoms with Gasteiger partial charge in [-0.05, 0) is 31.2 Å². The van der Waals surface area contributed by atoms with E-state index in [2.05, 4.69) is 5.32 Å². The van der Waals surface area contributed by atoms with E-state index in [1.807, 2.05) is 6.92 Å². The molecule has 0 fully saturated rings. The molecule has 3 N–H and O–H groups in total. The van der Waals surface area contributed by atoms with E-state index in [4.69, 9.17) is 17.3 Å². The maximum absolute atomic E-state index is 11.8. The lowest BCUT2D eigenvalue weighted by atomic mass is 10.1. The van der Waals surface area contributed by atoms with Crippen LogP contribution in [0.15, 0.2) is 24.3 Å². The third-order valence-corrected chi connectivity index (χ3v) is 2.76. The molecule has 0 aliphatic carbocycles. The Labute approximate surface area is 112 Å². The lowest BCUT2D eigenvalue weighted by molar-refractivity contribution is -0.121. The van der Waals surface area contributed by atoms with Crippen molar-refractivity contribution in [2.24, 2.45) is 5.73 Å². The number of nitrogens with one attached hydrogen (secondary N) is 1. The molecule has 0 unspecified atom stereocenters. The van der Waals surface area contributed by atoms with Crippen LogP contribution in [0.3, 0.4) is 0 Å². The largest absolute Gasteiger partial charge is 0.352 e. The summed E-state index contributed by atoms with van der Waals surface area (Å²) in [5, 5.41) is 3.29. The van der Waals surface area contributed by atoms with Crippen LogP contribution in [-0.4, -0.2) is 24.3 Å². The lowest BCUT2D eigenvalue weighted by Gasteiger charge is -2.10. The first-order valence-corrected chi connectivity index (χ1v) is 6.19. The van der Waals surface area contributed by atoms with Gasteiger partial charge in [-0.1, -0.05) is 11.6 Å². The van der Waals surface area contributed by atoms with Crippen molar-refractivity contribution in [1.82, 2.24) is 5.32 Å². The average Bonchev–Trinajstić information content (AvgIpc) is 2.36. The molecule has 98 valence electrons. The van der Waals surface area contributed by atoms with Crippen LogP contribution in [0.2, 0.25) is 5.02 Å². The molecule has 1 amide bonds. The Morgan fingerprint density at radius 3 is 2.44 bits per heavy atom. The van der Waals surface area contributed by atoms with Gasteiger partial charge >= 0.3 is 0 Å². The minimum Gasteiger partial charge on any atom is -0.352 e. The van der Waals surface area contributed by atoms with Crippen LogP contribution in [0.25, 0.3) is 0 Å². The number of nitrogens with two attached hydrogens (primary N) is 1. The first-order chi connectivity index (χ1) is 8.52. The number of carbonyl (C=O) groups excluding carboxylic acids is 2. The summed E-state index contributed by atoms with van der Waals surface area (Å²) in [7, 11) is 0. The summed E-state index contributed by atoms with van der Waals surface area (Å²) in [6, 6.07) is 6.57. The molecule has 0 saturated heterocycles. The maximum atomic E-state index is 11.8. The Bertz CT molecular complexity index is 418. The fourth-order valence-electron chi connectivity index (χ4n) is 1.41. The van der Waals surface area contributed by atoms with Crippen molar-refractivity contribution < 1.29 is 9.59 Å². The van der Waals surface area contributed by atoms with Gasteiger partial charge in [0.2, 0.25) is 5.91 Å². The molecule has 0 saturated carbocycles. The summed E-state index contributed by atoms with van der Waals surface area (Å²) in [5.41, 5.74) is 5.96. The standard InChI is InChI=1S/C13H17ClN2O2/c1-9(8-15)16-13(18)7-6-12(17)10-2-4-11(14)5-3-10/h2-5,9H,6-8,15H2,1H3,(H,16,18)/t9-/m0/s1. The van der Waals surface area contributed by atoms with Gasteiger partial charge in [-0.3, -0.25) is 9.59 Å². The molecular formula is C13H17ClN2O2. The van der Waals surface area contributed by atoms with Gasteiger partial charge in [0.15, 0.2) is 5.78 Å². The third kappa shape index (κ3) is 4.85. The molecule has 0 heterocycles. The lowest BCUT2D eigenvalue weighted by Crippen LogP contribution is -2.37. The van der Waals surface area contributed by atoms with Gasteiger partial charge in [-0.25, -0.2) is 0 Å². The first-order valence-electron chi connectivity index (χ1n) is 5.81. The number of benzene rings is 1. The topological polar surface area (TPSA) is 72.2 Å². The van der Waals surface area contributed by atoms with Gasteiger partial charge < -0.3 is 11.1 Å². The predicted molar refractivity (Wildman–Crippen MR) is 71.7 cm³/mol. The van der Waals surface area contributed by atoms with Crippen molar-refractivity contribution in [3.05, 3.63) is 34.9 Å². The SMILES string of the molecule is C[C@@H](CN)NC(=O)CCC(=O)c1ccc(Cl)cc1. The second-order valence-corrected chi connectivity index (χ2v) is 4.57. The number of hydrogen-bond donors (Lipinski definition) is 2. The Kier molecular flexibility index (Phi) is 5.82. The summed E-state index contributed by atoms with van der Waals surface area (Å²) in [4.78, 5) is 23.2. The van der Waals surface area contributed by atoms with Gasteiger partial charge in [0.05, 0.1) is 0 Å². The monoisotopic (exact) mass is 268 g/mol. The maximum Gasteiger partial charge on any atom is 0.220 e. The molecule has 0 aliphatic rings. The molecule has 0 spiro atoms. The van der Waals surface area contributed by atoms with Crippen LogP contribution in [-0.2, 0) is 4.79 Å². The molecule has 0 aromatic heterocycles. The molecule has 0 radical (unpaired) electrons. The molecule has 1 aromatic rings. The highest BCUT2D eigenvalue weighted by atomic mass is 35.5. The third-order valence-electron chi connectivity index (χ3n) is 2.51. The van der Waals surface area contributed by atoms with Crippen molar-refractivity contribution in [2.75, 3.05) is 6.54 Å². The van der Waals surface area contributed by atoms with Gasteiger partial charge in [0, 0.05) is 36.0 Å². The fraction of sp³-hybridized carbons (Fsp3) is 0.385. The number of ketones is 1. The highest BCUT2D eigenvalue weighted by Gasteiger charge is 2.10. The molecular weight excluding hydrogens is 252 g/mol. The van der Waals surface area contributed by atoms with Crippen LogP contribution in [0.1, 0.15) is 30.1 Å². The number of hydrogen-bond acceptors (Lipinski definition) is 3. The van der Waals surface area contributed by atoms with Gasteiger partial charge in [-0.15, -0.1) is 0 Å². The quantitative estimate of drug-likeness (QED) is 0.773. The van der Waals surface area contributed by atoms with Crippen molar-refractivity contribution in [3.63, 3.8) is 0 Å². The molecule has 5 heteroatoms. The van der Waals surface area contributed by atoms with Gasteiger partial charge in [-0.2, -0.15) is 0 Å². The Balaban J connectivity index is 2.41. The summed E-state index contributed by atoms with van der Waals surface area (Å²) in [6.07, 6.45) is 0.358. The number of Topliss-reactive ketones (excluding diaryl/α,β-unsaturated/α-hetero) is 1. The summed E-state index contributed by atoms with van der Waals surface area (Å²) in [5.74, 6) is -0.225. The van der Waals surface area contributed by atoms with Crippen molar-refractivity contribution in [3.8, 4) is 0 Å². The van der Waals surface area contributed by atoms with E-state index >= 15 is 0 Å². The molecule has 1 aromatic carbocycles. The minimum atomic E-state index is -0.157. The molecule has 1 rings (SSSR count). The second-order valence-electron chi connectivity index (χ2n) is 4.13. The molecule has 4 nitrogen and oxygen atoms in total. The second kappa shape index (κ2) is 7.13. The zero-order valence-corrected chi connectivity index (χ0v) is 11.0. The van der Waals surface area contributed by atoms with E-state index in [0.29, 0.717) is 17.1 Å². The highest BCUT2D eigenvalue weighted by Crippen LogP contribution is 2.11. The Morgan fingerprint density at radius 2 is 1.89 bits per heavy atom. The molecule has 18 heavy (non-hydrogen) atoms. The summed E-state index contributed by atoms with van der Waals surface area (Å²) >= 11 is 5.73. The van der Waals surface area contributed by atoms with E-state index in [9.17, 15) is 9.59 Å². The summed E-state index contributed by atoms with van der Waals surface area (Å²) < 4.78 is 0.